The standard InChI is InChI=1S/C20H28N2O2S/c1-5-13-9-17(10-14(6-2)19(13)21)25(23,24)18-11-15(7-3)20(22)16(8-4)12-18/h9-12H,5-8,21-22H2,1-4H3. The zero-order valence-corrected chi connectivity index (χ0v) is 16.3. The van der Waals surface area contributed by atoms with Crippen LogP contribution >= 0.6 is 0 Å². The number of nitrogens with two attached hydrogens (primary N) is 2. The Morgan fingerprint density at radius 2 is 0.880 bits per heavy atom. The second-order valence-electron chi connectivity index (χ2n) is 6.23. The first-order valence-electron chi connectivity index (χ1n) is 8.87. The smallest absolute Gasteiger partial charge is 0.206 e. The Hall–Kier alpha value is -2.01. The molecule has 0 aliphatic carbocycles. The quantitative estimate of drug-likeness (QED) is 0.764. The Bertz CT molecular complexity index is 769. The first-order valence-corrected chi connectivity index (χ1v) is 10.4. The Morgan fingerprint density at radius 1 is 0.640 bits per heavy atom. The average molecular weight is 361 g/mol. The first-order chi connectivity index (χ1) is 11.8. The molecule has 0 atom stereocenters. The summed E-state index contributed by atoms with van der Waals surface area (Å²) in [6.07, 6.45) is 2.80. The predicted molar refractivity (Wildman–Crippen MR) is 105 cm³/mol. The summed E-state index contributed by atoms with van der Waals surface area (Å²) in [6, 6.07) is 6.82. The van der Waals surface area contributed by atoms with Gasteiger partial charge in [-0.2, -0.15) is 0 Å². The third-order valence-electron chi connectivity index (χ3n) is 4.79. The summed E-state index contributed by atoms with van der Waals surface area (Å²) in [7, 11) is -3.61. The van der Waals surface area contributed by atoms with Crippen molar-refractivity contribution in [1.29, 1.82) is 0 Å². The van der Waals surface area contributed by atoms with Crippen LogP contribution in [-0.2, 0) is 35.5 Å². The molecule has 0 bridgehead atoms. The van der Waals surface area contributed by atoms with Gasteiger partial charge >= 0.3 is 0 Å². The van der Waals surface area contributed by atoms with E-state index in [2.05, 4.69) is 0 Å². The van der Waals surface area contributed by atoms with Gasteiger partial charge in [0.25, 0.3) is 0 Å². The van der Waals surface area contributed by atoms with Gasteiger partial charge in [0.15, 0.2) is 0 Å². The molecular formula is C20H28N2O2S. The van der Waals surface area contributed by atoms with Crippen LogP contribution in [0, 0.1) is 0 Å². The first kappa shape index (κ1) is 19.3. The van der Waals surface area contributed by atoms with E-state index in [4.69, 9.17) is 11.5 Å². The van der Waals surface area contributed by atoms with E-state index in [0.717, 1.165) is 22.3 Å². The monoisotopic (exact) mass is 360 g/mol. The molecule has 2 aromatic carbocycles. The molecule has 0 aliphatic rings. The van der Waals surface area contributed by atoms with Crippen LogP contribution in [0.5, 0.6) is 0 Å². The SMILES string of the molecule is CCc1cc(S(=O)(=O)c2cc(CC)c(N)c(CC)c2)cc(CC)c1N. The van der Waals surface area contributed by atoms with E-state index >= 15 is 0 Å². The molecule has 5 heteroatoms. The van der Waals surface area contributed by atoms with Gasteiger partial charge in [-0.25, -0.2) is 8.42 Å². The van der Waals surface area contributed by atoms with E-state index in [1.807, 2.05) is 27.7 Å². The lowest BCUT2D eigenvalue weighted by atomic mass is 10.0. The summed E-state index contributed by atoms with van der Waals surface area (Å²) in [4.78, 5) is 0.619. The predicted octanol–water partition coefficient (Wildman–Crippen LogP) is 3.93. The zero-order valence-electron chi connectivity index (χ0n) is 15.5. The van der Waals surface area contributed by atoms with Crippen LogP contribution in [0.15, 0.2) is 34.1 Å². The zero-order chi connectivity index (χ0) is 18.8. The summed E-state index contributed by atoms with van der Waals surface area (Å²) in [6.45, 7) is 7.93. The molecule has 25 heavy (non-hydrogen) atoms. The molecular weight excluding hydrogens is 332 g/mol. The molecule has 0 fully saturated rings. The number of hydrogen-bond donors (Lipinski definition) is 2. The number of sulfone groups is 1. The molecule has 136 valence electrons. The molecule has 0 unspecified atom stereocenters. The average Bonchev–Trinajstić information content (AvgIpc) is 2.61. The van der Waals surface area contributed by atoms with Crippen LogP contribution in [-0.4, -0.2) is 8.42 Å². The molecule has 0 spiro atoms. The van der Waals surface area contributed by atoms with E-state index in [9.17, 15) is 8.42 Å². The fourth-order valence-electron chi connectivity index (χ4n) is 3.11. The molecule has 0 amide bonds. The molecule has 0 saturated carbocycles. The minimum Gasteiger partial charge on any atom is -0.398 e. The van der Waals surface area contributed by atoms with Crippen LogP contribution in [0.4, 0.5) is 11.4 Å². The molecule has 2 rings (SSSR count). The molecule has 0 saturated heterocycles. The molecule has 0 aromatic heterocycles. The lowest BCUT2D eigenvalue weighted by molar-refractivity contribution is 0.595. The van der Waals surface area contributed by atoms with Crippen molar-refractivity contribution in [2.24, 2.45) is 0 Å². The van der Waals surface area contributed by atoms with Gasteiger partial charge in [-0.15, -0.1) is 0 Å². The highest BCUT2D eigenvalue weighted by molar-refractivity contribution is 7.91. The van der Waals surface area contributed by atoms with E-state index in [1.165, 1.54) is 0 Å². The molecule has 2 aromatic rings. The van der Waals surface area contributed by atoms with E-state index in [1.54, 1.807) is 24.3 Å². The normalized spacial score (nSPS) is 11.7. The topological polar surface area (TPSA) is 86.2 Å². The van der Waals surface area contributed by atoms with Gasteiger partial charge in [-0.05, 0) is 72.2 Å². The lowest BCUT2D eigenvalue weighted by Gasteiger charge is -2.15. The number of aryl methyl sites for hydroxylation is 4. The summed E-state index contributed by atoms with van der Waals surface area (Å²) in [5, 5.41) is 0. The molecule has 4 N–H and O–H groups in total. The molecule has 0 heterocycles. The highest BCUT2D eigenvalue weighted by Crippen LogP contribution is 2.31. The largest absolute Gasteiger partial charge is 0.398 e. The number of benzene rings is 2. The van der Waals surface area contributed by atoms with Crippen LogP contribution in [0.25, 0.3) is 0 Å². The van der Waals surface area contributed by atoms with Gasteiger partial charge < -0.3 is 11.5 Å². The maximum Gasteiger partial charge on any atom is 0.206 e. The van der Waals surface area contributed by atoms with E-state index in [0.29, 0.717) is 46.8 Å². The maximum absolute atomic E-state index is 13.2. The van der Waals surface area contributed by atoms with Crippen molar-refractivity contribution in [3.63, 3.8) is 0 Å². The molecule has 0 aliphatic heterocycles. The van der Waals surface area contributed by atoms with Gasteiger partial charge in [-0.3, -0.25) is 0 Å². The number of nitrogen functional groups attached to an aromatic ring is 2. The highest BCUT2D eigenvalue weighted by atomic mass is 32.2. The third kappa shape index (κ3) is 3.52. The minimum absolute atomic E-state index is 0.310. The van der Waals surface area contributed by atoms with Crippen molar-refractivity contribution < 1.29 is 8.42 Å². The number of hydrogen-bond acceptors (Lipinski definition) is 4. The highest BCUT2D eigenvalue weighted by Gasteiger charge is 2.22. The fourth-order valence-corrected chi connectivity index (χ4v) is 4.57. The van der Waals surface area contributed by atoms with Gasteiger partial charge in [-0.1, -0.05) is 27.7 Å². The Balaban J connectivity index is 2.71. The Labute approximate surface area is 151 Å². The van der Waals surface area contributed by atoms with Crippen molar-refractivity contribution in [2.45, 2.75) is 63.2 Å². The fraction of sp³-hybridized carbons (Fsp3) is 0.400. The number of anilines is 2. The van der Waals surface area contributed by atoms with Crippen molar-refractivity contribution in [3.8, 4) is 0 Å². The summed E-state index contributed by atoms with van der Waals surface area (Å²) < 4.78 is 26.5. The third-order valence-corrected chi connectivity index (χ3v) is 6.51. The van der Waals surface area contributed by atoms with Gasteiger partial charge in [0, 0.05) is 11.4 Å². The number of rotatable bonds is 6. The van der Waals surface area contributed by atoms with E-state index in [-0.39, 0.29) is 0 Å². The minimum atomic E-state index is -3.61. The van der Waals surface area contributed by atoms with Gasteiger partial charge in [0.05, 0.1) is 9.79 Å². The van der Waals surface area contributed by atoms with Crippen LogP contribution in [0.1, 0.15) is 49.9 Å². The summed E-state index contributed by atoms with van der Waals surface area (Å²) in [5.74, 6) is 0. The lowest BCUT2D eigenvalue weighted by Crippen LogP contribution is -2.09. The van der Waals surface area contributed by atoms with Crippen LogP contribution in [0.2, 0.25) is 0 Å². The second-order valence-corrected chi connectivity index (χ2v) is 8.18. The summed E-state index contributed by atoms with van der Waals surface area (Å²) in [5.41, 5.74) is 17.2. The summed E-state index contributed by atoms with van der Waals surface area (Å²) >= 11 is 0. The molecule has 4 nitrogen and oxygen atoms in total. The van der Waals surface area contributed by atoms with Crippen LogP contribution < -0.4 is 11.5 Å². The van der Waals surface area contributed by atoms with Gasteiger partial charge in [0.2, 0.25) is 9.84 Å². The van der Waals surface area contributed by atoms with Crippen molar-refractivity contribution in [1.82, 2.24) is 0 Å². The van der Waals surface area contributed by atoms with Crippen molar-refractivity contribution in [3.05, 3.63) is 46.5 Å². The Morgan fingerprint density at radius 3 is 1.08 bits per heavy atom. The van der Waals surface area contributed by atoms with Gasteiger partial charge in [0.1, 0.15) is 0 Å². The van der Waals surface area contributed by atoms with Crippen molar-refractivity contribution in [2.75, 3.05) is 11.5 Å². The van der Waals surface area contributed by atoms with Crippen LogP contribution in [0.3, 0.4) is 0 Å². The second kappa shape index (κ2) is 7.48. The maximum atomic E-state index is 13.2. The van der Waals surface area contributed by atoms with Crippen molar-refractivity contribution >= 4 is 21.2 Å². The van der Waals surface area contributed by atoms with E-state index < -0.39 is 9.84 Å². The molecule has 0 radical (unpaired) electrons. The Kier molecular flexibility index (Phi) is 5.78.